The van der Waals surface area contributed by atoms with Crippen molar-refractivity contribution in [2.75, 3.05) is 7.11 Å². The van der Waals surface area contributed by atoms with Crippen LogP contribution in [0.25, 0.3) is 5.57 Å². The molecule has 1 aromatic rings. The second-order valence-electron chi connectivity index (χ2n) is 5.34. The molecule has 5 nitrogen and oxygen atoms in total. The highest BCUT2D eigenvalue weighted by atomic mass is 35.5. The Morgan fingerprint density at radius 2 is 1.33 bits per heavy atom. The molecule has 1 aliphatic carbocycles. The van der Waals surface area contributed by atoms with Crippen LogP contribution in [0.5, 0.6) is 5.75 Å². The number of hydrogen-bond donors (Lipinski definition) is 0. The molecule has 0 radical (unpaired) electrons. The van der Waals surface area contributed by atoms with E-state index in [0.29, 0.717) is 0 Å². The van der Waals surface area contributed by atoms with Crippen LogP contribution >= 0.6 is 11.6 Å². The minimum absolute atomic E-state index is 0.137. The molecule has 2 rings (SSSR count). The molecule has 0 saturated heterocycles. The van der Waals surface area contributed by atoms with Crippen molar-refractivity contribution in [3.63, 3.8) is 0 Å². The number of sulfone groups is 2. The average Bonchev–Trinajstić information content (AvgIpc) is 2.50. The van der Waals surface area contributed by atoms with Crippen molar-refractivity contribution in [2.45, 2.75) is 21.5 Å². The van der Waals surface area contributed by atoms with Crippen molar-refractivity contribution >= 4 is 36.8 Å². The topological polar surface area (TPSA) is 77.5 Å². The minimum atomic E-state index is -6.87. The fraction of sp³-hybridized carbons (Fsp3) is 0.385. The highest BCUT2D eigenvalue weighted by molar-refractivity contribution is 8.12. The van der Waals surface area contributed by atoms with Gasteiger partial charge in [-0.05, 0) is 17.7 Å². The van der Waals surface area contributed by atoms with E-state index < -0.39 is 57.4 Å². The number of hydrogen-bond acceptors (Lipinski definition) is 5. The molecule has 1 aliphatic rings. The Morgan fingerprint density at radius 3 is 1.63 bits per heavy atom. The highest BCUT2D eigenvalue weighted by Crippen LogP contribution is 2.61. The zero-order valence-electron chi connectivity index (χ0n) is 13.0. The van der Waals surface area contributed by atoms with E-state index in [1.807, 2.05) is 0 Å². The summed E-state index contributed by atoms with van der Waals surface area (Å²) in [6, 6.07) is 4.00. The maximum absolute atomic E-state index is 13.1. The third-order valence-electron chi connectivity index (χ3n) is 3.90. The van der Waals surface area contributed by atoms with Gasteiger partial charge >= 0.3 is 11.0 Å². The number of halogens is 7. The molecule has 0 N–H and O–H groups in total. The molecule has 1 aromatic carbocycles. The molecule has 0 atom stereocenters. The zero-order valence-corrected chi connectivity index (χ0v) is 15.4. The van der Waals surface area contributed by atoms with Crippen molar-refractivity contribution in [3.05, 3.63) is 34.9 Å². The number of ether oxygens (including phenoxy) is 1. The molecule has 27 heavy (non-hydrogen) atoms. The number of benzene rings is 1. The summed E-state index contributed by atoms with van der Waals surface area (Å²) in [4.78, 5) is 0. The molecule has 0 spiro atoms. The Balaban J connectivity index is 2.89. The van der Waals surface area contributed by atoms with Gasteiger partial charge in [-0.1, -0.05) is 23.7 Å². The number of rotatable bonds is 4. The van der Waals surface area contributed by atoms with Crippen LogP contribution in [0.4, 0.5) is 26.3 Å². The summed E-state index contributed by atoms with van der Waals surface area (Å²) in [6.07, 6.45) is -1.68. The predicted octanol–water partition coefficient (Wildman–Crippen LogP) is 3.61. The molecule has 0 heterocycles. The van der Waals surface area contributed by atoms with Crippen molar-refractivity contribution in [1.82, 2.24) is 0 Å². The summed E-state index contributed by atoms with van der Waals surface area (Å²) in [5, 5.41) is -0.749. The van der Waals surface area contributed by atoms with Crippen molar-refractivity contribution in [2.24, 2.45) is 0 Å². The lowest BCUT2D eigenvalue weighted by Gasteiger charge is -2.42. The molecular weight excluding hydrogens is 450 g/mol. The Kier molecular flexibility index (Phi) is 5.07. The zero-order chi connectivity index (χ0) is 21.1. The van der Waals surface area contributed by atoms with E-state index in [4.69, 9.17) is 16.3 Å². The van der Waals surface area contributed by atoms with E-state index in [2.05, 4.69) is 0 Å². The highest BCUT2D eigenvalue weighted by Gasteiger charge is 2.77. The van der Waals surface area contributed by atoms with Gasteiger partial charge in [-0.15, -0.1) is 0 Å². The summed E-state index contributed by atoms with van der Waals surface area (Å²) in [6.45, 7) is 0. The van der Waals surface area contributed by atoms with Crippen molar-refractivity contribution in [3.8, 4) is 5.75 Å². The van der Waals surface area contributed by atoms with Crippen LogP contribution in [0.15, 0.2) is 29.3 Å². The van der Waals surface area contributed by atoms with Gasteiger partial charge in [0.15, 0.2) is 0 Å². The Labute approximate surface area is 154 Å². The first kappa shape index (κ1) is 21.8. The minimum Gasteiger partial charge on any atom is -0.497 e. The molecule has 14 heteroatoms. The van der Waals surface area contributed by atoms with E-state index in [9.17, 15) is 43.2 Å². The van der Waals surface area contributed by atoms with Gasteiger partial charge in [0.1, 0.15) is 5.75 Å². The largest absolute Gasteiger partial charge is 0.499 e. The molecule has 0 fully saturated rings. The van der Waals surface area contributed by atoms with E-state index >= 15 is 0 Å². The Bertz CT molecular complexity index is 947. The van der Waals surface area contributed by atoms with E-state index in [-0.39, 0.29) is 5.75 Å². The van der Waals surface area contributed by atoms with E-state index in [0.717, 1.165) is 24.3 Å². The fourth-order valence-electron chi connectivity index (χ4n) is 2.59. The van der Waals surface area contributed by atoms with Crippen LogP contribution in [-0.2, 0) is 19.7 Å². The second-order valence-corrected chi connectivity index (χ2v) is 10.4. The SMILES string of the molecule is COc1ccc(C2=C(Cl)CC2(S(=O)(=O)C(F)(F)F)S(=O)(=O)C(F)(F)F)cc1. The molecular formula is C13H9ClF6O5S2. The van der Waals surface area contributed by atoms with Crippen LogP contribution < -0.4 is 4.74 Å². The number of methoxy groups -OCH3 is 1. The van der Waals surface area contributed by atoms with E-state index in [1.54, 1.807) is 0 Å². The van der Waals surface area contributed by atoms with Gasteiger partial charge in [0.25, 0.3) is 19.7 Å². The van der Waals surface area contributed by atoms with Gasteiger partial charge < -0.3 is 4.74 Å². The van der Waals surface area contributed by atoms with Crippen LogP contribution in [0, 0.1) is 0 Å². The van der Waals surface area contributed by atoms with Crippen LogP contribution in [0.2, 0.25) is 0 Å². The predicted molar refractivity (Wildman–Crippen MR) is 83.1 cm³/mol. The first-order chi connectivity index (χ1) is 12.0. The third-order valence-corrected chi connectivity index (χ3v) is 9.19. The molecule has 0 aromatic heterocycles. The van der Waals surface area contributed by atoms with Crippen molar-refractivity contribution < 1.29 is 47.9 Å². The summed E-state index contributed by atoms with van der Waals surface area (Å²) in [7, 11) is -12.5. The molecule has 0 saturated carbocycles. The average molecular weight is 459 g/mol. The molecule has 0 aliphatic heterocycles. The van der Waals surface area contributed by atoms with Gasteiger partial charge in [0.05, 0.1) is 7.11 Å². The Morgan fingerprint density at radius 1 is 0.926 bits per heavy atom. The normalized spacial score (nSPS) is 18.2. The monoisotopic (exact) mass is 458 g/mol. The maximum atomic E-state index is 13.1. The van der Waals surface area contributed by atoms with Gasteiger partial charge in [-0.25, -0.2) is 16.8 Å². The standard InChI is InChI=1S/C13H9ClF6O5S2/c1-25-8-4-2-7(3-5-8)10-9(14)6-11(10,26(21,22)12(15,16)17)27(23,24)13(18,19)20/h2-5H,6H2,1H3. The molecule has 0 unspecified atom stereocenters. The lowest BCUT2D eigenvalue weighted by atomic mass is 9.90. The number of allylic oxidation sites excluding steroid dienone is 1. The molecule has 0 bridgehead atoms. The molecule has 0 amide bonds. The van der Waals surface area contributed by atoms with Gasteiger partial charge in [0, 0.05) is 17.0 Å². The number of alkyl halides is 6. The summed E-state index contributed by atoms with van der Waals surface area (Å²) >= 11 is 5.60. The molecule has 152 valence electrons. The lowest BCUT2D eigenvalue weighted by Crippen LogP contribution is -2.60. The van der Waals surface area contributed by atoms with Crippen LogP contribution in [0.3, 0.4) is 0 Å². The van der Waals surface area contributed by atoms with Gasteiger partial charge in [-0.2, -0.15) is 26.3 Å². The Hall–Kier alpha value is -1.47. The van der Waals surface area contributed by atoms with Gasteiger partial charge in [-0.3, -0.25) is 0 Å². The second kappa shape index (κ2) is 6.27. The smallest absolute Gasteiger partial charge is 0.497 e. The fourth-order valence-corrected chi connectivity index (χ4v) is 7.49. The summed E-state index contributed by atoms with van der Waals surface area (Å²) in [5.74, 6) is 0.137. The maximum Gasteiger partial charge on any atom is 0.499 e. The third kappa shape index (κ3) is 2.90. The summed E-state index contributed by atoms with van der Waals surface area (Å²) < 4.78 is 127. The first-order valence-corrected chi connectivity index (χ1v) is 10.0. The first-order valence-electron chi connectivity index (χ1n) is 6.70. The van der Waals surface area contributed by atoms with Crippen LogP contribution in [-0.4, -0.2) is 39.0 Å². The van der Waals surface area contributed by atoms with Gasteiger partial charge in [0.2, 0.25) is 4.08 Å². The summed E-state index contributed by atoms with van der Waals surface area (Å²) in [5.41, 5.74) is -14.4. The van der Waals surface area contributed by atoms with Crippen molar-refractivity contribution in [1.29, 1.82) is 0 Å². The quantitative estimate of drug-likeness (QED) is 0.644. The lowest BCUT2D eigenvalue weighted by molar-refractivity contribution is -0.0485. The van der Waals surface area contributed by atoms with E-state index in [1.165, 1.54) is 7.11 Å². The van der Waals surface area contributed by atoms with Crippen LogP contribution in [0.1, 0.15) is 12.0 Å².